The summed E-state index contributed by atoms with van der Waals surface area (Å²) in [6.45, 7) is 1.85. The molecular formula is C10H16N2O4. The van der Waals surface area contributed by atoms with Gasteiger partial charge in [0.2, 0.25) is 11.8 Å². The van der Waals surface area contributed by atoms with Gasteiger partial charge in [-0.2, -0.15) is 0 Å². The van der Waals surface area contributed by atoms with E-state index in [1.54, 1.807) is 0 Å². The van der Waals surface area contributed by atoms with Gasteiger partial charge in [-0.1, -0.05) is 13.3 Å². The highest BCUT2D eigenvalue weighted by Gasteiger charge is 2.29. The third kappa shape index (κ3) is 3.22. The summed E-state index contributed by atoms with van der Waals surface area (Å²) in [4.78, 5) is 33.3. The van der Waals surface area contributed by atoms with Crippen LogP contribution in [-0.2, 0) is 14.4 Å². The molecule has 16 heavy (non-hydrogen) atoms. The van der Waals surface area contributed by atoms with Crippen molar-refractivity contribution in [2.45, 2.75) is 44.7 Å². The largest absolute Gasteiger partial charge is 0.480 e. The minimum Gasteiger partial charge on any atom is -0.480 e. The Labute approximate surface area is 93.4 Å². The summed E-state index contributed by atoms with van der Waals surface area (Å²) in [7, 11) is 0. The maximum absolute atomic E-state index is 11.6. The topological polar surface area (TPSA) is 95.5 Å². The van der Waals surface area contributed by atoms with Gasteiger partial charge in [-0.3, -0.25) is 9.59 Å². The first-order chi connectivity index (χ1) is 7.54. The van der Waals surface area contributed by atoms with Gasteiger partial charge in [-0.15, -0.1) is 0 Å². The van der Waals surface area contributed by atoms with Crippen LogP contribution in [-0.4, -0.2) is 35.0 Å². The highest BCUT2D eigenvalue weighted by Crippen LogP contribution is 2.07. The van der Waals surface area contributed by atoms with Crippen LogP contribution in [0.3, 0.4) is 0 Å². The average Bonchev–Trinajstić information content (AvgIpc) is 2.64. The molecule has 90 valence electrons. The van der Waals surface area contributed by atoms with Gasteiger partial charge in [0.1, 0.15) is 12.1 Å². The van der Waals surface area contributed by atoms with Crippen LogP contribution in [0.5, 0.6) is 0 Å². The first-order valence-corrected chi connectivity index (χ1v) is 5.37. The first kappa shape index (κ1) is 12.5. The van der Waals surface area contributed by atoms with Crippen LogP contribution in [0.2, 0.25) is 0 Å². The fourth-order valence-corrected chi connectivity index (χ4v) is 1.63. The van der Waals surface area contributed by atoms with Crippen LogP contribution in [0, 0.1) is 0 Å². The van der Waals surface area contributed by atoms with E-state index in [2.05, 4.69) is 10.6 Å². The number of amides is 2. The highest BCUT2D eigenvalue weighted by atomic mass is 16.4. The molecule has 0 aromatic rings. The molecule has 3 N–H and O–H groups in total. The molecule has 6 heteroatoms. The lowest BCUT2D eigenvalue weighted by Gasteiger charge is -2.16. The number of aliphatic carboxylic acids is 1. The molecule has 0 radical (unpaired) electrons. The van der Waals surface area contributed by atoms with Crippen molar-refractivity contribution in [1.29, 1.82) is 0 Å². The highest BCUT2D eigenvalue weighted by molar-refractivity contribution is 5.92. The van der Waals surface area contributed by atoms with Gasteiger partial charge >= 0.3 is 5.97 Å². The lowest BCUT2D eigenvalue weighted by atomic mass is 10.1. The molecule has 0 spiro atoms. The molecule has 2 amide bonds. The number of hydrogen-bond donors (Lipinski definition) is 3. The van der Waals surface area contributed by atoms with Crippen molar-refractivity contribution in [3.05, 3.63) is 0 Å². The third-order valence-corrected chi connectivity index (χ3v) is 2.50. The molecule has 1 rings (SSSR count). The van der Waals surface area contributed by atoms with E-state index < -0.39 is 24.0 Å². The number of nitrogens with one attached hydrogen (secondary N) is 2. The van der Waals surface area contributed by atoms with E-state index in [-0.39, 0.29) is 5.91 Å². The molecule has 0 aromatic carbocycles. The van der Waals surface area contributed by atoms with Crippen LogP contribution < -0.4 is 10.6 Å². The van der Waals surface area contributed by atoms with Crippen molar-refractivity contribution in [3.63, 3.8) is 0 Å². The van der Waals surface area contributed by atoms with Crippen LogP contribution in [0.4, 0.5) is 0 Å². The summed E-state index contributed by atoms with van der Waals surface area (Å²) in [5.41, 5.74) is 0. The third-order valence-electron chi connectivity index (χ3n) is 2.50. The van der Waals surface area contributed by atoms with E-state index in [1.165, 1.54) is 0 Å². The van der Waals surface area contributed by atoms with Gasteiger partial charge in [-0.25, -0.2) is 4.79 Å². The SMILES string of the molecule is CCC[C@@H](NC(=O)[C@@H]1CCC(=O)N1)C(=O)O. The molecular weight excluding hydrogens is 212 g/mol. The second-order valence-electron chi connectivity index (χ2n) is 3.85. The molecule has 1 fully saturated rings. The smallest absolute Gasteiger partial charge is 0.326 e. The number of carbonyl (C=O) groups excluding carboxylic acids is 2. The van der Waals surface area contributed by atoms with Crippen LogP contribution >= 0.6 is 0 Å². The number of carboxylic acid groups (broad SMARTS) is 1. The molecule has 0 aromatic heterocycles. The Morgan fingerprint density at radius 3 is 2.75 bits per heavy atom. The molecule has 1 aliphatic heterocycles. The van der Waals surface area contributed by atoms with E-state index >= 15 is 0 Å². The number of rotatable bonds is 5. The van der Waals surface area contributed by atoms with E-state index in [0.717, 1.165) is 0 Å². The number of hydrogen-bond acceptors (Lipinski definition) is 3. The van der Waals surface area contributed by atoms with Crippen LogP contribution in [0.25, 0.3) is 0 Å². The van der Waals surface area contributed by atoms with Gasteiger partial charge < -0.3 is 15.7 Å². The Hall–Kier alpha value is -1.59. The zero-order valence-corrected chi connectivity index (χ0v) is 9.16. The summed E-state index contributed by atoms with van der Waals surface area (Å²) >= 11 is 0. The maximum Gasteiger partial charge on any atom is 0.326 e. The van der Waals surface area contributed by atoms with E-state index in [0.29, 0.717) is 25.7 Å². The average molecular weight is 228 g/mol. The summed E-state index contributed by atoms with van der Waals surface area (Å²) in [6.07, 6.45) is 1.82. The normalized spacial score (nSPS) is 21.3. The van der Waals surface area contributed by atoms with E-state index in [4.69, 9.17) is 5.11 Å². The van der Waals surface area contributed by atoms with Gasteiger partial charge in [0.15, 0.2) is 0 Å². The summed E-state index contributed by atoms with van der Waals surface area (Å²) < 4.78 is 0. The van der Waals surface area contributed by atoms with Crippen molar-refractivity contribution in [1.82, 2.24) is 10.6 Å². The minimum absolute atomic E-state index is 0.164. The molecule has 6 nitrogen and oxygen atoms in total. The maximum atomic E-state index is 11.6. The number of carboxylic acids is 1. The summed E-state index contributed by atoms with van der Waals surface area (Å²) in [5, 5.41) is 13.8. The number of carbonyl (C=O) groups is 3. The standard InChI is InChI=1S/C10H16N2O4/c1-2-3-7(10(15)16)12-9(14)6-4-5-8(13)11-6/h6-7H,2-5H2,1H3,(H,11,13)(H,12,14)(H,15,16)/t6-,7+/m0/s1. The monoisotopic (exact) mass is 228 g/mol. The van der Waals surface area contributed by atoms with Gasteiger partial charge in [0, 0.05) is 6.42 Å². The molecule has 0 bridgehead atoms. The molecule has 0 aliphatic carbocycles. The second kappa shape index (κ2) is 5.48. The van der Waals surface area contributed by atoms with Gasteiger partial charge in [0.25, 0.3) is 0 Å². The van der Waals surface area contributed by atoms with Gasteiger partial charge in [0.05, 0.1) is 0 Å². The molecule has 0 unspecified atom stereocenters. The lowest BCUT2D eigenvalue weighted by molar-refractivity contribution is -0.142. The minimum atomic E-state index is -1.04. The second-order valence-corrected chi connectivity index (χ2v) is 3.85. The molecule has 1 heterocycles. The fraction of sp³-hybridized carbons (Fsp3) is 0.700. The predicted octanol–water partition coefficient (Wildman–Crippen LogP) is -0.365. The molecule has 1 saturated heterocycles. The zero-order valence-electron chi connectivity index (χ0n) is 9.16. The Kier molecular flexibility index (Phi) is 4.28. The fourth-order valence-electron chi connectivity index (χ4n) is 1.63. The van der Waals surface area contributed by atoms with E-state index in [9.17, 15) is 14.4 Å². The van der Waals surface area contributed by atoms with Crippen molar-refractivity contribution < 1.29 is 19.5 Å². The molecule has 1 aliphatic rings. The van der Waals surface area contributed by atoms with Crippen molar-refractivity contribution >= 4 is 17.8 Å². The Bertz CT molecular complexity index is 303. The lowest BCUT2D eigenvalue weighted by Crippen LogP contribution is -2.48. The molecule has 2 atom stereocenters. The van der Waals surface area contributed by atoms with E-state index in [1.807, 2.05) is 6.92 Å². The van der Waals surface area contributed by atoms with Crippen molar-refractivity contribution in [3.8, 4) is 0 Å². The van der Waals surface area contributed by atoms with Crippen LogP contribution in [0.1, 0.15) is 32.6 Å². The predicted molar refractivity (Wildman–Crippen MR) is 55.6 cm³/mol. The quantitative estimate of drug-likeness (QED) is 0.598. The summed E-state index contributed by atoms with van der Waals surface area (Å²) in [6, 6.07) is -1.44. The Morgan fingerprint density at radius 2 is 2.31 bits per heavy atom. The first-order valence-electron chi connectivity index (χ1n) is 5.37. The Morgan fingerprint density at radius 1 is 1.62 bits per heavy atom. The Balaban J connectivity index is 2.48. The van der Waals surface area contributed by atoms with Crippen molar-refractivity contribution in [2.24, 2.45) is 0 Å². The van der Waals surface area contributed by atoms with Crippen molar-refractivity contribution in [2.75, 3.05) is 0 Å². The van der Waals surface area contributed by atoms with Gasteiger partial charge in [-0.05, 0) is 12.8 Å². The summed E-state index contributed by atoms with van der Waals surface area (Å²) in [5.74, 6) is -1.62. The molecule has 0 saturated carbocycles. The van der Waals surface area contributed by atoms with Crippen LogP contribution in [0.15, 0.2) is 0 Å². The zero-order chi connectivity index (χ0) is 12.1.